The molecular formula is C21H24O. The Bertz CT molecular complexity index is 644. The standard InChI is InChI=1S/C21H24O/c1-2-3-14-21(16-17-9-5-4-6-10-17)15-13-18-11-7-8-12-19(18)20(21)22/h4-12H,2-3,13-16H2,1H3. The van der Waals surface area contributed by atoms with Crippen molar-refractivity contribution in [3.8, 4) is 0 Å². The maximum absolute atomic E-state index is 13.2. The number of Topliss-reactive ketones (excluding diaryl/α,β-unsaturated/α-hetero) is 1. The van der Waals surface area contributed by atoms with Crippen molar-refractivity contribution in [1.82, 2.24) is 0 Å². The number of hydrogen-bond donors (Lipinski definition) is 0. The number of unbranched alkanes of at least 4 members (excludes halogenated alkanes) is 1. The Morgan fingerprint density at radius 1 is 1.00 bits per heavy atom. The van der Waals surface area contributed by atoms with Crippen molar-refractivity contribution in [2.45, 2.75) is 45.4 Å². The minimum Gasteiger partial charge on any atom is -0.294 e. The highest BCUT2D eigenvalue weighted by Crippen LogP contribution is 2.42. The van der Waals surface area contributed by atoms with Crippen LogP contribution in [-0.4, -0.2) is 5.78 Å². The van der Waals surface area contributed by atoms with E-state index in [4.69, 9.17) is 0 Å². The van der Waals surface area contributed by atoms with Crippen molar-refractivity contribution < 1.29 is 4.79 Å². The van der Waals surface area contributed by atoms with Gasteiger partial charge in [0.25, 0.3) is 0 Å². The van der Waals surface area contributed by atoms with Gasteiger partial charge in [0.15, 0.2) is 5.78 Å². The lowest BCUT2D eigenvalue weighted by Gasteiger charge is -2.37. The van der Waals surface area contributed by atoms with Crippen molar-refractivity contribution in [3.63, 3.8) is 0 Å². The predicted molar refractivity (Wildman–Crippen MR) is 91.2 cm³/mol. The monoisotopic (exact) mass is 292 g/mol. The molecule has 0 spiro atoms. The van der Waals surface area contributed by atoms with E-state index in [1.165, 1.54) is 11.1 Å². The van der Waals surface area contributed by atoms with Gasteiger partial charge in [-0.05, 0) is 36.8 Å². The first-order valence-electron chi connectivity index (χ1n) is 8.42. The molecule has 0 bridgehead atoms. The fourth-order valence-corrected chi connectivity index (χ4v) is 3.73. The zero-order chi connectivity index (χ0) is 15.4. The molecule has 1 aliphatic rings. The average Bonchev–Trinajstić information content (AvgIpc) is 2.57. The summed E-state index contributed by atoms with van der Waals surface area (Å²) in [6.45, 7) is 2.21. The SMILES string of the molecule is CCCCC1(Cc2ccccc2)CCc2ccccc2C1=O. The van der Waals surface area contributed by atoms with Gasteiger partial charge >= 0.3 is 0 Å². The molecule has 3 rings (SSSR count). The Morgan fingerprint density at radius 3 is 2.50 bits per heavy atom. The molecule has 22 heavy (non-hydrogen) atoms. The summed E-state index contributed by atoms with van der Waals surface area (Å²) in [7, 11) is 0. The largest absolute Gasteiger partial charge is 0.294 e. The lowest BCUT2D eigenvalue weighted by Crippen LogP contribution is -2.38. The quantitative estimate of drug-likeness (QED) is 0.737. The summed E-state index contributed by atoms with van der Waals surface area (Å²) in [5.74, 6) is 0.367. The number of hydrogen-bond acceptors (Lipinski definition) is 1. The van der Waals surface area contributed by atoms with E-state index in [0.717, 1.165) is 44.1 Å². The van der Waals surface area contributed by atoms with Crippen LogP contribution in [0.15, 0.2) is 54.6 Å². The van der Waals surface area contributed by atoms with E-state index in [9.17, 15) is 4.79 Å². The number of carbonyl (C=O) groups excluding carboxylic acids is 1. The highest BCUT2D eigenvalue weighted by atomic mass is 16.1. The average molecular weight is 292 g/mol. The molecule has 0 heterocycles. The number of ketones is 1. The third-order valence-electron chi connectivity index (χ3n) is 5.01. The molecule has 1 aliphatic carbocycles. The van der Waals surface area contributed by atoms with E-state index in [1.54, 1.807) is 0 Å². The van der Waals surface area contributed by atoms with Crippen LogP contribution >= 0.6 is 0 Å². The first-order valence-corrected chi connectivity index (χ1v) is 8.42. The molecule has 0 amide bonds. The van der Waals surface area contributed by atoms with E-state index in [2.05, 4.69) is 37.3 Å². The lowest BCUT2D eigenvalue weighted by molar-refractivity contribution is 0.0731. The van der Waals surface area contributed by atoms with Crippen LogP contribution in [0.25, 0.3) is 0 Å². The van der Waals surface area contributed by atoms with Gasteiger partial charge < -0.3 is 0 Å². The van der Waals surface area contributed by atoms with Crippen LogP contribution in [0.1, 0.15) is 54.1 Å². The van der Waals surface area contributed by atoms with Gasteiger partial charge in [-0.25, -0.2) is 0 Å². The molecule has 1 unspecified atom stereocenters. The minimum atomic E-state index is -0.203. The maximum atomic E-state index is 13.2. The number of carbonyl (C=O) groups is 1. The summed E-state index contributed by atoms with van der Waals surface area (Å²) < 4.78 is 0. The topological polar surface area (TPSA) is 17.1 Å². The minimum absolute atomic E-state index is 0.203. The number of benzene rings is 2. The zero-order valence-corrected chi connectivity index (χ0v) is 13.3. The predicted octanol–water partition coefficient (Wildman–Crippen LogP) is 5.23. The molecule has 1 nitrogen and oxygen atoms in total. The molecule has 1 atom stereocenters. The van der Waals surface area contributed by atoms with Crippen LogP contribution in [0.2, 0.25) is 0 Å². The van der Waals surface area contributed by atoms with E-state index in [1.807, 2.05) is 24.3 Å². The van der Waals surface area contributed by atoms with Crippen LogP contribution in [0.3, 0.4) is 0 Å². The summed E-state index contributed by atoms with van der Waals surface area (Å²) in [5, 5.41) is 0. The molecule has 0 fully saturated rings. The van der Waals surface area contributed by atoms with Crippen LogP contribution in [0.5, 0.6) is 0 Å². The second-order valence-corrected chi connectivity index (χ2v) is 6.53. The molecule has 2 aromatic rings. The van der Waals surface area contributed by atoms with Gasteiger partial charge in [-0.1, -0.05) is 74.4 Å². The highest BCUT2D eigenvalue weighted by molar-refractivity contribution is 6.03. The normalized spacial score (nSPS) is 20.7. The first kappa shape index (κ1) is 15.0. The summed E-state index contributed by atoms with van der Waals surface area (Å²) >= 11 is 0. The summed E-state index contributed by atoms with van der Waals surface area (Å²) in [5.41, 5.74) is 3.27. The van der Waals surface area contributed by atoms with Crippen molar-refractivity contribution in [2.75, 3.05) is 0 Å². The zero-order valence-electron chi connectivity index (χ0n) is 13.3. The third kappa shape index (κ3) is 2.85. The number of rotatable bonds is 5. The number of aryl methyl sites for hydroxylation is 1. The second-order valence-electron chi connectivity index (χ2n) is 6.53. The molecule has 114 valence electrons. The van der Waals surface area contributed by atoms with Gasteiger partial charge in [0, 0.05) is 11.0 Å². The molecule has 0 aromatic heterocycles. The van der Waals surface area contributed by atoms with E-state index >= 15 is 0 Å². The van der Waals surface area contributed by atoms with Crippen molar-refractivity contribution in [3.05, 3.63) is 71.3 Å². The van der Waals surface area contributed by atoms with E-state index < -0.39 is 0 Å². The summed E-state index contributed by atoms with van der Waals surface area (Å²) in [6, 6.07) is 18.7. The summed E-state index contributed by atoms with van der Waals surface area (Å²) in [6.07, 6.45) is 6.16. The van der Waals surface area contributed by atoms with Crippen LogP contribution in [-0.2, 0) is 12.8 Å². The van der Waals surface area contributed by atoms with Crippen LogP contribution in [0, 0.1) is 5.41 Å². The Kier molecular flexibility index (Phi) is 4.42. The molecule has 0 N–H and O–H groups in total. The Balaban J connectivity index is 1.95. The van der Waals surface area contributed by atoms with Crippen LogP contribution < -0.4 is 0 Å². The fourth-order valence-electron chi connectivity index (χ4n) is 3.73. The Labute approximate surface area is 133 Å². The fraction of sp³-hybridized carbons (Fsp3) is 0.381. The molecule has 2 aromatic carbocycles. The number of fused-ring (bicyclic) bond motifs is 1. The highest BCUT2D eigenvalue weighted by Gasteiger charge is 2.41. The van der Waals surface area contributed by atoms with Gasteiger partial charge in [0.1, 0.15) is 0 Å². The van der Waals surface area contributed by atoms with E-state index in [0.29, 0.717) is 5.78 Å². The second kappa shape index (κ2) is 6.48. The molecule has 0 saturated heterocycles. The smallest absolute Gasteiger partial charge is 0.169 e. The van der Waals surface area contributed by atoms with Crippen molar-refractivity contribution >= 4 is 5.78 Å². The van der Waals surface area contributed by atoms with Gasteiger partial charge in [0.2, 0.25) is 0 Å². The van der Waals surface area contributed by atoms with Gasteiger partial charge in [-0.3, -0.25) is 4.79 Å². The Morgan fingerprint density at radius 2 is 1.73 bits per heavy atom. The Hall–Kier alpha value is -1.89. The van der Waals surface area contributed by atoms with Crippen LogP contribution in [0.4, 0.5) is 0 Å². The molecule has 0 saturated carbocycles. The molecule has 0 radical (unpaired) electrons. The van der Waals surface area contributed by atoms with Gasteiger partial charge in [-0.2, -0.15) is 0 Å². The summed E-state index contributed by atoms with van der Waals surface area (Å²) in [4.78, 5) is 13.2. The van der Waals surface area contributed by atoms with Gasteiger partial charge in [0.05, 0.1) is 0 Å². The first-order chi connectivity index (χ1) is 10.7. The molecule has 1 heteroatoms. The van der Waals surface area contributed by atoms with Crippen molar-refractivity contribution in [2.24, 2.45) is 5.41 Å². The molecule has 0 aliphatic heterocycles. The maximum Gasteiger partial charge on any atom is 0.169 e. The van der Waals surface area contributed by atoms with Crippen molar-refractivity contribution in [1.29, 1.82) is 0 Å². The molecular weight excluding hydrogens is 268 g/mol. The third-order valence-corrected chi connectivity index (χ3v) is 5.01. The van der Waals surface area contributed by atoms with Gasteiger partial charge in [-0.15, -0.1) is 0 Å². The lowest BCUT2D eigenvalue weighted by atomic mass is 9.65. The van der Waals surface area contributed by atoms with E-state index in [-0.39, 0.29) is 5.41 Å².